The summed E-state index contributed by atoms with van der Waals surface area (Å²) in [4.78, 5) is 40.4. The van der Waals surface area contributed by atoms with Gasteiger partial charge in [-0.2, -0.15) is 26.3 Å². The van der Waals surface area contributed by atoms with E-state index in [1.807, 2.05) is 42.5 Å². The van der Waals surface area contributed by atoms with Gasteiger partial charge in [0.05, 0.1) is 16.7 Å². The molecule has 5 nitrogen and oxygen atoms in total. The quantitative estimate of drug-likeness (QED) is 0.260. The number of benzene rings is 3. The number of nitrogens with zero attached hydrogens (tertiary/aromatic N) is 2. The average Bonchev–Trinajstić information content (AvgIpc) is 2.94. The highest BCUT2D eigenvalue weighted by Crippen LogP contribution is 2.37. The van der Waals surface area contributed by atoms with Gasteiger partial charge in [-0.15, -0.1) is 0 Å². The van der Waals surface area contributed by atoms with Crippen molar-refractivity contribution in [3.05, 3.63) is 95.1 Å². The third-order valence-electron chi connectivity index (χ3n) is 6.68. The Bertz CT molecular complexity index is 1380. The maximum atomic E-state index is 13.4. The van der Waals surface area contributed by atoms with Gasteiger partial charge in [-0.25, -0.2) is 0 Å². The van der Waals surface area contributed by atoms with Gasteiger partial charge in [-0.1, -0.05) is 54.6 Å². The molecule has 1 heterocycles. The first-order valence-corrected chi connectivity index (χ1v) is 12.4. The maximum absolute atomic E-state index is 13.4. The number of alkyl halides is 6. The largest absolute Gasteiger partial charge is 0.417 e. The molecule has 0 N–H and O–H groups in total. The number of Topliss-reactive ketones (excluding diaryl/α,β-unsaturated/α-hetero) is 1. The second kappa shape index (κ2) is 11.5. The van der Waals surface area contributed by atoms with Crippen molar-refractivity contribution < 1.29 is 40.7 Å². The van der Waals surface area contributed by atoms with Crippen LogP contribution in [0.3, 0.4) is 0 Å². The van der Waals surface area contributed by atoms with Crippen LogP contribution in [0.25, 0.3) is 11.1 Å². The predicted octanol–water partition coefficient (Wildman–Crippen LogP) is 6.34. The van der Waals surface area contributed by atoms with E-state index in [1.54, 1.807) is 12.1 Å². The van der Waals surface area contributed by atoms with Crippen molar-refractivity contribution in [3.8, 4) is 11.1 Å². The molecule has 0 radical (unpaired) electrons. The van der Waals surface area contributed by atoms with E-state index in [-0.39, 0.29) is 68.9 Å². The summed E-state index contributed by atoms with van der Waals surface area (Å²) in [5.41, 5.74) is -1.53. The fourth-order valence-corrected chi connectivity index (χ4v) is 4.48. The Morgan fingerprint density at radius 1 is 0.650 bits per heavy atom. The van der Waals surface area contributed by atoms with E-state index in [2.05, 4.69) is 0 Å². The molecule has 1 fully saturated rings. The summed E-state index contributed by atoms with van der Waals surface area (Å²) in [5, 5.41) is 0. The van der Waals surface area contributed by atoms with Gasteiger partial charge < -0.3 is 9.80 Å². The summed E-state index contributed by atoms with van der Waals surface area (Å²) in [6.07, 6.45) is -10.1. The first kappa shape index (κ1) is 28.8. The molecule has 0 aromatic heterocycles. The number of hydrogen-bond donors (Lipinski definition) is 0. The maximum Gasteiger partial charge on any atom is 0.417 e. The van der Waals surface area contributed by atoms with E-state index in [0.29, 0.717) is 5.56 Å². The minimum Gasteiger partial charge on any atom is -0.339 e. The van der Waals surface area contributed by atoms with E-state index >= 15 is 0 Å². The van der Waals surface area contributed by atoms with Gasteiger partial charge in [0.1, 0.15) is 0 Å². The van der Waals surface area contributed by atoms with Gasteiger partial charge in [-0.3, -0.25) is 14.4 Å². The van der Waals surface area contributed by atoms with Crippen LogP contribution in [-0.4, -0.2) is 53.6 Å². The van der Waals surface area contributed by atoms with Crippen molar-refractivity contribution in [3.63, 3.8) is 0 Å². The lowest BCUT2D eigenvalue weighted by atomic mass is 10.0. The van der Waals surface area contributed by atoms with Crippen LogP contribution < -0.4 is 0 Å². The number of hydrogen-bond acceptors (Lipinski definition) is 3. The zero-order chi connectivity index (χ0) is 29.1. The molecule has 0 saturated carbocycles. The molecule has 210 valence electrons. The Hall–Kier alpha value is -4.15. The van der Waals surface area contributed by atoms with Crippen LogP contribution in [0.4, 0.5) is 26.3 Å². The highest BCUT2D eigenvalue weighted by atomic mass is 19.4. The summed E-state index contributed by atoms with van der Waals surface area (Å²) in [6.45, 7) is -0.365. The number of ketones is 1. The van der Waals surface area contributed by atoms with Crippen LogP contribution in [0.15, 0.2) is 72.8 Å². The zero-order valence-corrected chi connectivity index (χ0v) is 21.1. The topological polar surface area (TPSA) is 57.7 Å². The van der Waals surface area contributed by atoms with Crippen LogP contribution in [0.5, 0.6) is 0 Å². The third kappa shape index (κ3) is 6.70. The molecule has 0 aliphatic carbocycles. The van der Waals surface area contributed by atoms with Crippen molar-refractivity contribution in [1.29, 1.82) is 0 Å². The molecular formula is C29H24F6N2O3. The third-order valence-corrected chi connectivity index (χ3v) is 6.68. The Morgan fingerprint density at radius 2 is 1.23 bits per heavy atom. The van der Waals surface area contributed by atoms with Crippen LogP contribution in [-0.2, 0) is 17.1 Å². The van der Waals surface area contributed by atoms with Crippen molar-refractivity contribution in [2.45, 2.75) is 25.2 Å². The Labute approximate surface area is 226 Å². The van der Waals surface area contributed by atoms with Crippen molar-refractivity contribution in [2.24, 2.45) is 0 Å². The van der Waals surface area contributed by atoms with E-state index in [4.69, 9.17) is 0 Å². The average molecular weight is 563 g/mol. The highest BCUT2D eigenvalue weighted by Gasteiger charge is 2.40. The zero-order valence-electron chi connectivity index (χ0n) is 21.1. The molecule has 0 atom stereocenters. The first-order chi connectivity index (χ1) is 18.8. The highest BCUT2D eigenvalue weighted by molar-refractivity contribution is 5.98. The molecule has 1 saturated heterocycles. The number of amides is 2. The molecule has 0 spiro atoms. The van der Waals surface area contributed by atoms with Crippen LogP contribution in [0.2, 0.25) is 0 Å². The number of carbonyl (C=O) groups is 3. The molecule has 3 aromatic carbocycles. The van der Waals surface area contributed by atoms with E-state index in [9.17, 15) is 40.7 Å². The second-order valence-electron chi connectivity index (χ2n) is 9.30. The molecule has 2 amide bonds. The summed E-state index contributed by atoms with van der Waals surface area (Å²) in [7, 11) is 0. The number of piperazine rings is 1. The van der Waals surface area contributed by atoms with Crippen LogP contribution in [0.1, 0.15) is 44.7 Å². The van der Waals surface area contributed by atoms with Gasteiger partial charge >= 0.3 is 12.4 Å². The lowest BCUT2D eigenvalue weighted by Crippen LogP contribution is -2.50. The molecule has 1 aliphatic rings. The smallest absolute Gasteiger partial charge is 0.339 e. The Morgan fingerprint density at radius 3 is 1.80 bits per heavy atom. The fraction of sp³-hybridized carbons (Fsp3) is 0.276. The molecule has 1 aliphatic heterocycles. The van der Waals surface area contributed by atoms with Gasteiger partial charge in [-0.05, 0) is 29.3 Å². The first-order valence-electron chi connectivity index (χ1n) is 12.4. The summed E-state index contributed by atoms with van der Waals surface area (Å²) >= 11 is 0. The molecule has 0 bridgehead atoms. The fourth-order valence-electron chi connectivity index (χ4n) is 4.48. The molecular weight excluding hydrogens is 538 g/mol. The SMILES string of the molecule is O=C(CCC(=O)N1CCN(C(=O)c2cc(C(F)(F)F)ccc2C(F)(F)F)CC1)c1ccc(-c2ccccc2)cc1. The van der Waals surface area contributed by atoms with E-state index in [1.165, 1.54) is 4.90 Å². The van der Waals surface area contributed by atoms with Gasteiger partial charge in [0.25, 0.3) is 5.91 Å². The molecule has 4 rings (SSSR count). The number of rotatable bonds is 6. The van der Waals surface area contributed by atoms with Gasteiger partial charge in [0.15, 0.2) is 5.78 Å². The van der Waals surface area contributed by atoms with Crippen molar-refractivity contribution in [1.82, 2.24) is 9.80 Å². The van der Waals surface area contributed by atoms with Crippen molar-refractivity contribution >= 4 is 17.6 Å². The molecule has 11 heteroatoms. The number of halogens is 6. The standard InChI is InChI=1S/C29H24F6N2O3/c30-28(31,32)22-10-11-24(29(33,34)35)23(18-22)27(40)37-16-14-36(15-17-37)26(39)13-12-25(38)21-8-6-20(7-9-21)19-4-2-1-3-5-19/h1-11,18H,12-17H2. The molecule has 0 unspecified atom stereocenters. The normalized spacial score (nSPS) is 14.2. The lowest BCUT2D eigenvalue weighted by Gasteiger charge is -2.35. The van der Waals surface area contributed by atoms with Crippen molar-refractivity contribution in [2.75, 3.05) is 26.2 Å². The summed E-state index contributed by atoms with van der Waals surface area (Å²) in [5.74, 6) is -1.79. The molecule has 40 heavy (non-hydrogen) atoms. The van der Waals surface area contributed by atoms with Gasteiger partial charge in [0.2, 0.25) is 5.91 Å². The predicted molar refractivity (Wildman–Crippen MR) is 134 cm³/mol. The van der Waals surface area contributed by atoms with Crippen LogP contribution in [0, 0.1) is 0 Å². The van der Waals surface area contributed by atoms with Gasteiger partial charge in [0, 0.05) is 44.6 Å². The summed E-state index contributed by atoms with van der Waals surface area (Å²) < 4.78 is 79.5. The minimum atomic E-state index is -5.03. The Kier molecular flexibility index (Phi) is 8.32. The summed E-state index contributed by atoms with van der Waals surface area (Å²) in [6, 6.07) is 17.3. The van der Waals surface area contributed by atoms with E-state index < -0.39 is 35.0 Å². The Balaban J connectivity index is 1.33. The lowest BCUT2D eigenvalue weighted by molar-refractivity contribution is -0.141. The van der Waals surface area contributed by atoms with Crippen LogP contribution >= 0.6 is 0 Å². The van der Waals surface area contributed by atoms with E-state index in [0.717, 1.165) is 16.0 Å². The molecule has 3 aromatic rings. The number of carbonyl (C=O) groups excluding carboxylic acids is 3. The monoisotopic (exact) mass is 562 g/mol. The minimum absolute atomic E-state index is 0.0230. The second-order valence-corrected chi connectivity index (χ2v) is 9.30.